The smallest absolute Gasteiger partial charge is 0.251 e. The minimum atomic E-state index is -0.592. The lowest BCUT2D eigenvalue weighted by molar-refractivity contribution is 0.0939. The SMILES string of the molecule is CC(Cc1c(F)cccc1F)NC(=O)c1ccccc1. The molecule has 0 saturated carbocycles. The molecule has 4 heteroatoms. The zero-order chi connectivity index (χ0) is 14.5. The molecule has 2 aromatic carbocycles. The van der Waals surface area contributed by atoms with Gasteiger partial charge in [-0.2, -0.15) is 0 Å². The van der Waals surface area contributed by atoms with E-state index in [9.17, 15) is 13.6 Å². The average molecular weight is 275 g/mol. The molecule has 0 spiro atoms. The number of nitrogens with one attached hydrogen (secondary N) is 1. The van der Waals surface area contributed by atoms with Gasteiger partial charge in [-0.05, 0) is 37.6 Å². The first-order valence-corrected chi connectivity index (χ1v) is 6.36. The fourth-order valence-electron chi connectivity index (χ4n) is 1.98. The van der Waals surface area contributed by atoms with Crippen LogP contribution in [0.25, 0.3) is 0 Å². The predicted octanol–water partition coefficient (Wildman–Crippen LogP) is 3.33. The van der Waals surface area contributed by atoms with E-state index in [0.29, 0.717) is 5.56 Å². The average Bonchev–Trinajstić information content (AvgIpc) is 2.44. The van der Waals surface area contributed by atoms with E-state index in [0.717, 1.165) is 0 Å². The van der Waals surface area contributed by atoms with Crippen molar-refractivity contribution in [2.24, 2.45) is 0 Å². The summed E-state index contributed by atoms with van der Waals surface area (Å²) in [5, 5.41) is 2.73. The number of rotatable bonds is 4. The molecule has 2 nitrogen and oxygen atoms in total. The van der Waals surface area contributed by atoms with E-state index in [1.807, 2.05) is 6.07 Å². The minimum Gasteiger partial charge on any atom is -0.349 e. The zero-order valence-electron chi connectivity index (χ0n) is 11.1. The molecule has 0 aliphatic carbocycles. The van der Waals surface area contributed by atoms with Crippen molar-refractivity contribution in [2.45, 2.75) is 19.4 Å². The number of hydrogen-bond acceptors (Lipinski definition) is 1. The van der Waals surface area contributed by atoms with E-state index in [-0.39, 0.29) is 23.9 Å². The van der Waals surface area contributed by atoms with Crippen LogP contribution in [0, 0.1) is 11.6 Å². The Bertz CT molecular complexity index is 578. The lowest BCUT2D eigenvalue weighted by Gasteiger charge is -2.15. The van der Waals surface area contributed by atoms with Crippen LogP contribution in [0.3, 0.4) is 0 Å². The summed E-state index contributed by atoms with van der Waals surface area (Å²) in [4.78, 5) is 11.9. The maximum Gasteiger partial charge on any atom is 0.251 e. The molecule has 0 bridgehead atoms. The Kier molecular flexibility index (Phi) is 4.45. The van der Waals surface area contributed by atoms with E-state index < -0.39 is 11.6 Å². The highest BCUT2D eigenvalue weighted by molar-refractivity contribution is 5.94. The molecule has 1 N–H and O–H groups in total. The summed E-state index contributed by atoms with van der Waals surface area (Å²) in [5.74, 6) is -1.44. The summed E-state index contributed by atoms with van der Waals surface area (Å²) in [5.41, 5.74) is 0.515. The molecule has 0 fully saturated rings. The van der Waals surface area contributed by atoms with E-state index in [4.69, 9.17) is 0 Å². The summed E-state index contributed by atoms with van der Waals surface area (Å²) < 4.78 is 27.0. The second-order valence-electron chi connectivity index (χ2n) is 4.64. The predicted molar refractivity (Wildman–Crippen MR) is 73.4 cm³/mol. The van der Waals surface area contributed by atoms with Crippen LogP contribution in [0.15, 0.2) is 48.5 Å². The molecule has 104 valence electrons. The van der Waals surface area contributed by atoms with Crippen LogP contribution < -0.4 is 5.32 Å². The number of hydrogen-bond donors (Lipinski definition) is 1. The highest BCUT2D eigenvalue weighted by atomic mass is 19.1. The molecule has 0 aliphatic heterocycles. The lowest BCUT2D eigenvalue weighted by atomic mass is 10.1. The first-order chi connectivity index (χ1) is 9.58. The van der Waals surface area contributed by atoms with Gasteiger partial charge in [0.25, 0.3) is 5.91 Å². The minimum absolute atomic E-state index is 0.00615. The van der Waals surface area contributed by atoms with E-state index in [1.165, 1.54) is 18.2 Å². The number of benzene rings is 2. The van der Waals surface area contributed by atoms with Crippen molar-refractivity contribution in [3.8, 4) is 0 Å². The Balaban J connectivity index is 2.03. The standard InChI is InChI=1S/C16H15F2NO/c1-11(10-13-14(17)8-5-9-15(13)18)19-16(20)12-6-3-2-4-7-12/h2-9,11H,10H2,1H3,(H,19,20). The summed E-state index contributed by atoms with van der Waals surface area (Å²) in [6, 6.07) is 12.1. The second kappa shape index (κ2) is 6.28. The maximum absolute atomic E-state index is 13.5. The van der Waals surface area contributed by atoms with Crippen LogP contribution in [-0.2, 0) is 6.42 Å². The molecule has 2 rings (SSSR count). The van der Waals surface area contributed by atoms with E-state index in [1.54, 1.807) is 31.2 Å². The van der Waals surface area contributed by atoms with Crippen molar-refractivity contribution in [3.05, 3.63) is 71.3 Å². The van der Waals surface area contributed by atoms with Crippen molar-refractivity contribution >= 4 is 5.91 Å². The Hall–Kier alpha value is -2.23. The second-order valence-corrected chi connectivity index (χ2v) is 4.64. The monoisotopic (exact) mass is 275 g/mol. The van der Waals surface area contributed by atoms with Gasteiger partial charge in [0.05, 0.1) is 0 Å². The largest absolute Gasteiger partial charge is 0.349 e. The molecule has 1 unspecified atom stereocenters. The van der Waals surface area contributed by atoms with Gasteiger partial charge in [0.15, 0.2) is 0 Å². The Morgan fingerprint density at radius 1 is 1.05 bits per heavy atom. The molecular formula is C16H15F2NO. The fraction of sp³-hybridized carbons (Fsp3) is 0.188. The highest BCUT2D eigenvalue weighted by Gasteiger charge is 2.14. The number of halogens is 2. The summed E-state index contributed by atoms with van der Waals surface area (Å²) >= 11 is 0. The number of amides is 1. The quantitative estimate of drug-likeness (QED) is 0.911. The van der Waals surface area contributed by atoms with Gasteiger partial charge in [0.1, 0.15) is 11.6 Å². The van der Waals surface area contributed by atoms with Gasteiger partial charge < -0.3 is 5.32 Å². The maximum atomic E-state index is 13.5. The van der Waals surface area contributed by atoms with Crippen LogP contribution in [0.2, 0.25) is 0 Å². The molecule has 1 atom stereocenters. The van der Waals surface area contributed by atoms with E-state index in [2.05, 4.69) is 5.32 Å². The van der Waals surface area contributed by atoms with Gasteiger partial charge in [-0.1, -0.05) is 24.3 Å². The topological polar surface area (TPSA) is 29.1 Å². The first kappa shape index (κ1) is 14.2. The first-order valence-electron chi connectivity index (χ1n) is 6.36. The van der Waals surface area contributed by atoms with Gasteiger partial charge in [-0.3, -0.25) is 4.79 Å². The Morgan fingerprint density at radius 2 is 1.65 bits per heavy atom. The molecule has 0 radical (unpaired) electrons. The van der Waals surface area contributed by atoms with Crippen LogP contribution in [-0.4, -0.2) is 11.9 Å². The third-order valence-electron chi connectivity index (χ3n) is 2.99. The summed E-state index contributed by atoms with van der Waals surface area (Å²) in [7, 11) is 0. The van der Waals surface area contributed by atoms with Crippen LogP contribution >= 0.6 is 0 Å². The molecule has 2 aromatic rings. The number of carbonyl (C=O) groups is 1. The van der Waals surface area contributed by atoms with Gasteiger partial charge in [-0.25, -0.2) is 8.78 Å². The van der Waals surface area contributed by atoms with Gasteiger partial charge >= 0.3 is 0 Å². The van der Waals surface area contributed by atoms with Gasteiger partial charge in [0.2, 0.25) is 0 Å². The van der Waals surface area contributed by atoms with Crippen molar-refractivity contribution in [2.75, 3.05) is 0 Å². The normalized spacial score (nSPS) is 11.9. The Morgan fingerprint density at radius 3 is 2.25 bits per heavy atom. The Labute approximate surface area is 116 Å². The van der Waals surface area contributed by atoms with Crippen LogP contribution in [0.4, 0.5) is 8.78 Å². The summed E-state index contributed by atoms with van der Waals surface area (Å²) in [6.07, 6.45) is 0.108. The molecule has 0 aromatic heterocycles. The lowest BCUT2D eigenvalue weighted by Crippen LogP contribution is -2.34. The van der Waals surface area contributed by atoms with Crippen LogP contribution in [0.5, 0.6) is 0 Å². The van der Waals surface area contributed by atoms with Gasteiger partial charge in [-0.15, -0.1) is 0 Å². The van der Waals surface area contributed by atoms with Crippen molar-refractivity contribution in [1.29, 1.82) is 0 Å². The molecule has 0 heterocycles. The fourth-order valence-corrected chi connectivity index (χ4v) is 1.98. The van der Waals surface area contributed by atoms with Crippen LogP contribution in [0.1, 0.15) is 22.8 Å². The van der Waals surface area contributed by atoms with Gasteiger partial charge in [0, 0.05) is 17.2 Å². The van der Waals surface area contributed by atoms with Crippen molar-refractivity contribution in [3.63, 3.8) is 0 Å². The molecule has 0 aliphatic rings. The highest BCUT2D eigenvalue weighted by Crippen LogP contribution is 2.14. The zero-order valence-corrected chi connectivity index (χ0v) is 11.1. The summed E-state index contributed by atoms with van der Waals surface area (Å²) in [6.45, 7) is 1.72. The van der Waals surface area contributed by atoms with Crippen molar-refractivity contribution in [1.82, 2.24) is 5.32 Å². The van der Waals surface area contributed by atoms with Crippen molar-refractivity contribution < 1.29 is 13.6 Å². The third-order valence-corrected chi connectivity index (χ3v) is 2.99. The van der Waals surface area contributed by atoms with E-state index >= 15 is 0 Å². The number of carbonyl (C=O) groups excluding carboxylic acids is 1. The third kappa shape index (κ3) is 3.41. The molecule has 20 heavy (non-hydrogen) atoms. The molecular weight excluding hydrogens is 260 g/mol. The molecule has 0 saturated heterocycles. The molecule has 1 amide bonds.